The van der Waals surface area contributed by atoms with Gasteiger partial charge in [0.15, 0.2) is 0 Å². The van der Waals surface area contributed by atoms with Crippen LogP contribution in [-0.4, -0.2) is 6.85 Å². The predicted octanol–water partition coefficient (Wildman–Crippen LogP) is 16.7. The Morgan fingerprint density at radius 2 is 1.36 bits per heavy atom. The first kappa shape index (κ1) is 45.0. The van der Waals surface area contributed by atoms with E-state index in [0.717, 1.165) is 66.2 Å². The molecule has 7 aromatic rings. The average molecular weight is 917 g/mol. The number of allylic oxidation sites excluding steroid dienone is 4. The lowest BCUT2D eigenvalue weighted by atomic mass is 9.43. The molecule has 0 N–H and O–H groups in total. The number of anilines is 4. The first-order chi connectivity index (χ1) is 33.4. The molecule has 0 radical (unpaired) electrons. The van der Waals surface area contributed by atoms with Crippen molar-refractivity contribution in [3.05, 3.63) is 153 Å². The van der Waals surface area contributed by atoms with Gasteiger partial charge in [-0.05, 0) is 208 Å². The number of hydrogen-bond donors (Lipinski definition) is 0. The highest BCUT2D eigenvalue weighted by molar-refractivity contribution is 6.94. The molecule has 70 heavy (non-hydrogen) atoms. The Morgan fingerprint density at radius 3 is 2.09 bits per heavy atom. The van der Waals surface area contributed by atoms with Crippen molar-refractivity contribution in [3.8, 4) is 34.1 Å². The van der Waals surface area contributed by atoms with Gasteiger partial charge in [-0.25, -0.2) is 0 Å². The van der Waals surface area contributed by atoms with Crippen LogP contribution in [0.25, 0.3) is 44.2 Å². The Morgan fingerprint density at radius 1 is 0.671 bits per heavy atom. The highest BCUT2D eigenvalue weighted by Crippen LogP contribution is 2.56. The molecule has 0 bridgehead atoms. The molecule has 3 nitrogen and oxygen atoms in total. The molecule has 12 rings (SSSR count). The van der Waals surface area contributed by atoms with Crippen LogP contribution in [0.4, 0.5) is 22.7 Å². The van der Waals surface area contributed by atoms with Gasteiger partial charge in [0.1, 0.15) is 11.2 Å². The first-order valence-corrected chi connectivity index (χ1v) is 26.4. The third-order valence-electron chi connectivity index (χ3n) is 17.8. The topological polar surface area (TPSA) is 19.6 Å². The van der Waals surface area contributed by atoms with Crippen molar-refractivity contribution in [2.24, 2.45) is 10.8 Å². The minimum atomic E-state index is -0.144. The van der Waals surface area contributed by atoms with E-state index in [2.05, 4.69) is 208 Å². The fourth-order valence-corrected chi connectivity index (χ4v) is 13.6. The summed E-state index contributed by atoms with van der Waals surface area (Å²) >= 11 is 0. The molecular weight excluding hydrogens is 848 g/mol. The van der Waals surface area contributed by atoms with Crippen molar-refractivity contribution in [1.29, 1.82) is 0 Å². The maximum Gasteiger partial charge on any atom is 0.333 e. The largest absolute Gasteiger partial charge is 0.456 e. The maximum absolute atomic E-state index is 6.87. The van der Waals surface area contributed by atoms with Crippen molar-refractivity contribution in [2.45, 2.75) is 145 Å². The fourth-order valence-electron chi connectivity index (χ4n) is 13.6. The number of rotatable bonds is 6. The number of unbranched alkanes of at least 4 members (excludes halogenated alkanes) is 1. The summed E-state index contributed by atoms with van der Waals surface area (Å²) < 4.78 is 6.87. The summed E-state index contributed by atoms with van der Waals surface area (Å²) in [4.78, 5) is 5.34. The van der Waals surface area contributed by atoms with Crippen LogP contribution in [0.3, 0.4) is 0 Å². The van der Waals surface area contributed by atoms with Crippen molar-refractivity contribution in [3.63, 3.8) is 0 Å². The van der Waals surface area contributed by atoms with Crippen molar-refractivity contribution in [2.75, 3.05) is 9.71 Å². The van der Waals surface area contributed by atoms with Gasteiger partial charge in [0.2, 0.25) is 0 Å². The molecule has 0 spiro atoms. The number of furan rings is 1. The second kappa shape index (κ2) is 15.7. The molecule has 0 fully saturated rings. The maximum atomic E-state index is 6.87. The number of fused-ring (bicyclic) bond motifs is 9. The van der Waals surface area contributed by atoms with Crippen LogP contribution in [-0.2, 0) is 17.3 Å². The number of para-hydroxylation sites is 1. The second-order valence-corrected chi connectivity index (χ2v) is 24.4. The molecule has 3 heterocycles. The van der Waals surface area contributed by atoms with Gasteiger partial charge in [0.05, 0.1) is 16.8 Å². The van der Waals surface area contributed by atoms with Crippen LogP contribution in [0.15, 0.2) is 124 Å². The molecule has 0 amide bonds. The number of benzene rings is 6. The molecule has 2 aliphatic heterocycles. The Hall–Kier alpha value is -6.18. The highest BCUT2D eigenvalue weighted by atomic mass is 16.3. The smallest absolute Gasteiger partial charge is 0.333 e. The standard InChI is InChI=1S/C66H69BN2O/c1-13-14-18-43-23-25-45(26-24-43)69-55-39-53-52(65(9,10)31-32-66(53,11)12)38-48(55)49-35-44(59-41(3)33-40(2)34-42(59)4)36-56-61(49)67(69)54-27-28-58-60(47-20-15-16-22-57(47)70-58)62(54)68(56)46-19-17-21-50-51(37-46)64(7,8)30-29-63(50,5)6/h15-16,20,22-28,33-39H,13-14,18,21,29-32H2,1-12H3. The number of aryl methyl sites for hydroxylation is 4. The summed E-state index contributed by atoms with van der Waals surface area (Å²) in [5.74, 6) is 7.75. The third-order valence-corrected chi connectivity index (χ3v) is 17.8. The zero-order valence-corrected chi connectivity index (χ0v) is 43.9. The highest BCUT2D eigenvalue weighted by Gasteiger charge is 2.49. The zero-order chi connectivity index (χ0) is 48.8. The van der Waals surface area contributed by atoms with Crippen LogP contribution < -0.4 is 20.6 Å². The molecule has 0 saturated heterocycles. The van der Waals surface area contributed by atoms with E-state index in [1.54, 1.807) is 0 Å². The monoisotopic (exact) mass is 917 g/mol. The predicted molar refractivity (Wildman–Crippen MR) is 299 cm³/mol. The van der Waals surface area contributed by atoms with Gasteiger partial charge in [-0.2, -0.15) is 0 Å². The van der Waals surface area contributed by atoms with E-state index in [-0.39, 0.29) is 28.5 Å². The van der Waals surface area contributed by atoms with E-state index in [1.165, 1.54) is 113 Å². The molecule has 6 aromatic carbocycles. The van der Waals surface area contributed by atoms with Crippen molar-refractivity contribution < 1.29 is 4.42 Å². The van der Waals surface area contributed by atoms with E-state index >= 15 is 0 Å². The van der Waals surface area contributed by atoms with Gasteiger partial charge < -0.3 is 14.1 Å². The van der Waals surface area contributed by atoms with Crippen LogP contribution >= 0.6 is 0 Å². The van der Waals surface area contributed by atoms with E-state index in [1.807, 2.05) is 0 Å². The van der Waals surface area contributed by atoms with E-state index in [0.29, 0.717) is 0 Å². The van der Waals surface area contributed by atoms with E-state index in [9.17, 15) is 0 Å². The SMILES string of the molecule is CCCCc1ccc(N2B3c4ccc5oc6ccccc6c5c4N(C4=CC5=C(CC#C4)C(C)(C)CCC5(C)C)c4cc(-c5c(C)cc(C)cc5C)cc(c43)-c3cc4c(cc32)C(C)(C)CCC4(C)C)cc1. The van der Waals surface area contributed by atoms with Gasteiger partial charge in [0, 0.05) is 34.4 Å². The third kappa shape index (κ3) is 6.77. The molecule has 0 unspecified atom stereocenters. The van der Waals surface area contributed by atoms with Crippen LogP contribution in [0.5, 0.6) is 0 Å². The summed E-state index contributed by atoms with van der Waals surface area (Å²) in [6.45, 7) is 28.7. The number of hydrogen-bond acceptors (Lipinski definition) is 3. The Kier molecular flexibility index (Phi) is 10.1. The van der Waals surface area contributed by atoms with Crippen molar-refractivity contribution >= 4 is 62.5 Å². The fraction of sp³-hybridized carbons (Fsp3) is 0.364. The summed E-state index contributed by atoms with van der Waals surface area (Å²) in [6.07, 6.45) is 11.4. The lowest BCUT2D eigenvalue weighted by Gasteiger charge is -2.48. The van der Waals surface area contributed by atoms with Crippen LogP contribution in [0.2, 0.25) is 0 Å². The molecule has 3 aliphatic carbocycles. The quantitative estimate of drug-likeness (QED) is 0.122. The molecule has 4 heteroatoms. The summed E-state index contributed by atoms with van der Waals surface area (Å²) in [6, 6.07) is 38.1. The Bertz CT molecular complexity index is 3480. The zero-order valence-electron chi connectivity index (χ0n) is 43.9. The van der Waals surface area contributed by atoms with Crippen LogP contribution in [0.1, 0.15) is 141 Å². The molecule has 0 saturated carbocycles. The van der Waals surface area contributed by atoms with Gasteiger partial charge in [-0.15, -0.1) is 0 Å². The average Bonchev–Trinajstić information content (AvgIpc) is 3.54. The van der Waals surface area contributed by atoms with E-state index in [4.69, 9.17) is 4.42 Å². The summed E-state index contributed by atoms with van der Waals surface area (Å²) in [7, 11) is 0. The first-order valence-electron chi connectivity index (χ1n) is 26.4. The van der Waals surface area contributed by atoms with Gasteiger partial charge >= 0.3 is 6.85 Å². The molecule has 352 valence electrons. The summed E-state index contributed by atoms with van der Waals surface area (Å²) in [5.41, 5.74) is 26.8. The lowest BCUT2D eigenvalue weighted by Crippen LogP contribution is -2.62. The van der Waals surface area contributed by atoms with E-state index < -0.39 is 0 Å². The van der Waals surface area contributed by atoms with Crippen LogP contribution in [0, 0.1) is 43.4 Å². The molecule has 1 aromatic heterocycles. The molecular formula is C66H69BN2O. The Balaban J connectivity index is 1.26. The molecule has 5 aliphatic rings. The van der Waals surface area contributed by atoms with Crippen molar-refractivity contribution in [1.82, 2.24) is 0 Å². The van der Waals surface area contributed by atoms with Gasteiger partial charge in [-0.1, -0.05) is 129 Å². The summed E-state index contributed by atoms with van der Waals surface area (Å²) in [5, 5.41) is 2.28. The van der Waals surface area contributed by atoms with Gasteiger partial charge in [-0.3, -0.25) is 0 Å². The minimum absolute atomic E-state index is 0.00456. The second-order valence-electron chi connectivity index (χ2n) is 24.4. The molecule has 0 atom stereocenters. The van der Waals surface area contributed by atoms with Gasteiger partial charge in [0.25, 0.3) is 0 Å². The normalized spacial score (nSPS) is 18.9. The number of nitrogens with zero attached hydrogens (tertiary/aromatic N) is 2. The Labute approximate surface area is 418 Å². The lowest BCUT2D eigenvalue weighted by molar-refractivity contribution is 0.264. The minimum Gasteiger partial charge on any atom is -0.456 e.